The Hall–Kier alpha value is -1.27. The van der Waals surface area contributed by atoms with Crippen LogP contribution in [0.2, 0.25) is 0 Å². The molecule has 0 radical (unpaired) electrons. The number of rotatable bonds is 4. The van der Waals surface area contributed by atoms with Gasteiger partial charge in [-0.25, -0.2) is 0 Å². The van der Waals surface area contributed by atoms with Crippen molar-refractivity contribution in [1.82, 2.24) is 9.78 Å². The summed E-state index contributed by atoms with van der Waals surface area (Å²) in [6.07, 6.45) is 2.66. The van der Waals surface area contributed by atoms with Crippen molar-refractivity contribution in [3.8, 4) is 0 Å². The summed E-state index contributed by atoms with van der Waals surface area (Å²) in [4.78, 5) is 0. The summed E-state index contributed by atoms with van der Waals surface area (Å²) in [7, 11) is 3.55. The first-order valence-corrected chi connectivity index (χ1v) is 5.31. The Morgan fingerprint density at radius 3 is 3.06 bits per heavy atom. The van der Waals surface area contributed by atoms with E-state index in [4.69, 9.17) is 15.2 Å². The molecule has 1 aliphatic heterocycles. The number of hydrogen-bond acceptors (Lipinski definition) is 5. The monoisotopic (exact) mass is 226 g/mol. The molecule has 0 aliphatic carbocycles. The minimum atomic E-state index is -0.246. The van der Waals surface area contributed by atoms with E-state index in [0.717, 1.165) is 13.0 Å². The van der Waals surface area contributed by atoms with Crippen LogP contribution < -0.4 is 11.1 Å². The zero-order valence-electron chi connectivity index (χ0n) is 9.69. The number of nitrogen functional groups attached to an aromatic ring is 1. The van der Waals surface area contributed by atoms with Crippen LogP contribution in [0.1, 0.15) is 6.42 Å². The van der Waals surface area contributed by atoms with E-state index in [2.05, 4.69) is 10.4 Å². The maximum Gasteiger partial charge on any atom is 0.171 e. The Morgan fingerprint density at radius 2 is 2.56 bits per heavy atom. The van der Waals surface area contributed by atoms with Crippen LogP contribution in [0.25, 0.3) is 0 Å². The van der Waals surface area contributed by atoms with E-state index in [1.165, 1.54) is 0 Å². The number of hydrogen-bond donors (Lipinski definition) is 2. The van der Waals surface area contributed by atoms with Gasteiger partial charge in [0.05, 0.1) is 12.3 Å². The van der Waals surface area contributed by atoms with Crippen molar-refractivity contribution < 1.29 is 9.47 Å². The highest BCUT2D eigenvalue weighted by Gasteiger charge is 2.35. The molecule has 0 aromatic carbocycles. The molecule has 0 bridgehead atoms. The molecule has 6 heteroatoms. The molecular formula is C10H18N4O2. The lowest BCUT2D eigenvalue weighted by Crippen LogP contribution is -2.39. The highest BCUT2D eigenvalue weighted by Crippen LogP contribution is 2.24. The Morgan fingerprint density at radius 1 is 1.75 bits per heavy atom. The molecule has 1 fully saturated rings. The second-order valence-electron chi connectivity index (χ2n) is 4.15. The minimum absolute atomic E-state index is 0.246. The Kier molecular flexibility index (Phi) is 3.02. The van der Waals surface area contributed by atoms with E-state index < -0.39 is 0 Å². The lowest BCUT2D eigenvalue weighted by atomic mass is 10.0. The Balaban J connectivity index is 1.98. The molecule has 1 atom stereocenters. The van der Waals surface area contributed by atoms with Crippen LogP contribution in [-0.2, 0) is 16.5 Å². The average molecular weight is 226 g/mol. The van der Waals surface area contributed by atoms with E-state index in [-0.39, 0.29) is 5.60 Å². The smallest absolute Gasteiger partial charge is 0.171 e. The van der Waals surface area contributed by atoms with Crippen LogP contribution in [0.3, 0.4) is 0 Å². The van der Waals surface area contributed by atoms with Crippen molar-refractivity contribution >= 4 is 11.5 Å². The van der Waals surface area contributed by atoms with Crippen molar-refractivity contribution in [2.45, 2.75) is 12.0 Å². The third-order valence-electron chi connectivity index (χ3n) is 2.94. The fourth-order valence-electron chi connectivity index (χ4n) is 1.85. The normalized spacial score (nSPS) is 24.9. The number of ether oxygens (including phenoxy) is 2. The highest BCUT2D eigenvalue weighted by atomic mass is 16.5. The van der Waals surface area contributed by atoms with Crippen LogP contribution in [-0.4, -0.2) is 42.2 Å². The molecule has 2 heterocycles. The molecule has 16 heavy (non-hydrogen) atoms. The van der Waals surface area contributed by atoms with E-state index in [1.54, 1.807) is 18.0 Å². The van der Waals surface area contributed by atoms with E-state index in [0.29, 0.717) is 24.7 Å². The lowest BCUT2D eigenvalue weighted by molar-refractivity contribution is -0.00624. The minimum Gasteiger partial charge on any atom is -0.394 e. The van der Waals surface area contributed by atoms with Gasteiger partial charge in [-0.2, -0.15) is 5.10 Å². The van der Waals surface area contributed by atoms with Gasteiger partial charge >= 0.3 is 0 Å². The van der Waals surface area contributed by atoms with Crippen LogP contribution in [0.15, 0.2) is 6.20 Å². The maximum atomic E-state index is 5.79. The number of aryl methyl sites for hydroxylation is 1. The lowest BCUT2D eigenvalue weighted by Gasteiger charge is -2.25. The molecule has 6 nitrogen and oxygen atoms in total. The highest BCUT2D eigenvalue weighted by molar-refractivity contribution is 5.59. The summed E-state index contributed by atoms with van der Waals surface area (Å²) in [5.41, 5.74) is 6.19. The number of nitrogens with two attached hydrogens (primary N) is 1. The molecule has 1 aromatic heterocycles. The molecule has 3 N–H and O–H groups in total. The molecule has 0 saturated carbocycles. The SMILES string of the molecule is COC1(CNc2nn(C)cc2N)CCOC1. The number of aromatic nitrogens is 2. The predicted molar refractivity (Wildman–Crippen MR) is 61.3 cm³/mol. The molecule has 1 aliphatic rings. The quantitative estimate of drug-likeness (QED) is 0.768. The molecule has 0 amide bonds. The van der Waals surface area contributed by atoms with Gasteiger partial charge in [0.25, 0.3) is 0 Å². The van der Waals surface area contributed by atoms with E-state index in [1.807, 2.05) is 7.05 Å². The van der Waals surface area contributed by atoms with Crippen molar-refractivity contribution in [2.75, 3.05) is 37.9 Å². The van der Waals surface area contributed by atoms with Gasteiger partial charge in [-0.05, 0) is 0 Å². The summed E-state index contributed by atoms with van der Waals surface area (Å²) in [5.74, 6) is 0.700. The maximum absolute atomic E-state index is 5.79. The van der Waals surface area contributed by atoms with Gasteiger partial charge in [0.1, 0.15) is 5.60 Å². The molecule has 1 unspecified atom stereocenters. The van der Waals surface area contributed by atoms with Gasteiger partial charge in [-0.15, -0.1) is 0 Å². The summed E-state index contributed by atoms with van der Waals surface area (Å²) in [6, 6.07) is 0. The molecular weight excluding hydrogens is 208 g/mol. The Labute approximate surface area is 94.7 Å². The zero-order valence-corrected chi connectivity index (χ0v) is 9.69. The first-order chi connectivity index (χ1) is 7.65. The van der Waals surface area contributed by atoms with Crippen molar-refractivity contribution in [3.63, 3.8) is 0 Å². The second kappa shape index (κ2) is 4.31. The van der Waals surface area contributed by atoms with Crippen molar-refractivity contribution in [3.05, 3.63) is 6.20 Å². The van der Waals surface area contributed by atoms with Gasteiger partial charge in [-0.3, -0.25) is 4.68 Å². The van der Waals surface area contributed by atoms with Gasteiger partial charge in [-0.1, -0.05) is 0 Å². The molecule has 2 rings (SSSR count). The predicted octanol–water partition coefficient (Wildman–Crippen LogP) is 0.220. The number of nitrogens with one attached hydrogen (secondary N) is 1. The van der Waals surface area contributed by atoms with Crippen LogP contribution in [0.5, 0.6) is 0 Å². The third kappa shape index (κ3) is 2.12. The second-order valence-corrected chi connectivity index (χ2v) is 4.15. The van der Waals surface area contributed by atoms with Crippen molar-refractivity contribution in [2.24, 2.45) is 7.05 Å². The van der Waals surface area contributed by atoms with Crippen LogP contribution in [0.4, 0.5) is 11.5 Å². The van der Waals surface area contributed by atoms with Gasteiger partial charge in [0, 0.05) is 39.9 Å². The van der Waals surface area contributed by atoms with E-state index >= 15 is 0 Å². The van der Waals surface area contributed by atoms with Crippen LogP contribution >= 0.6 is 0 Å². The molecule has 1 saturated heterocycles. The Bertz CT molecular complexity index is 358. The first kappa shape index (κ1) is 11.2. The molecule has 0 spiro atoms. The fraction of sp³-hybridized carbons (Fsp3) is 0.700. The van der Waals surface area contributed by atoms with Gasteiger partial charge < -0.3 is 20.5 Å². The van der Waals surface area contributed by atoms with Crippen molar-refractivity contribution in [1.29, 1.82) is 0 Å². The fourth-order valence-corrected chi connectivity index (χ4v) is 1.85. The number of methoxy groups -OCH3 is 1. The summed E-state index contributed by atoms with van der Waals surface area (Å²) in [5, 5.41) is 7.43. The van der Waals surface area contributed by atoms with Crippen LogP contribution in [0, 0.1) is 0 Å². The van der Waals surface area contributed by atoms with Gasteiger partial charge in [0.15, 0.2) is 5.82 Å². The topological polar surface area (TPSA) is 74.3 Å². The number of anilines is 2. The van der Waals surface area contributed by atoms with E-state index in [9.17, 15) is 0 Å². The third-order valence-corrected chi connectivity index (χ3v) is 2.94. The molecule has 1 aromatic rings. The zero-order chi connectivity index (χ0) is 11.6. The molecule has 90 valence electrons. The van der Waals surface area contributed by atoms with Gasteiger partial charge in [0.2, 0.25) is 0 Å². The first-order valence-electron chi connectivity index (χ1n) is 5.31. The number of nitrogens with zero attached hydrogens (tertiary/aromatic N) is 2. The summed E-state index contributed by atoms with van der Waals surface area (Å²) >= 11 is 0. The average Bonchev–Trinajstić information content (AvgIpc) is 2.84. The largest absolute Gasteiger partial charge is 0.394 e. The summed E-state index contributed by atoms with van der Waals surface area (Å²) in [6.45, 7) is 2.02. The summed E-state index contributed by atoms with van der Waals surface area (Å²) < 4.78 is 12.5. The standard InChI is InChI=1S/C10H18N4O2/c1-14-5-8(11)9(13-14)12-6-10(15-2)3-4-16-7-10/h5H,3-4,6-7,11H2,1-2H3,(H,12,13).